The summed E-state index contributed by atoms with van der Waals surface area (Å²) in [6.07, 6.45) is 17.2. The summed E-state index contributed by atoms with van der Waals surface area (Å²) in [5, 5.41) is 39.2. The fourth-order valence-corrected chi connectivity index (χ4v) is 9.86. The van der Waals surface area contributed by atoms with Gasteiger partial charge in [0.05, 0.1) is 50.2 Å². The number of methoxy groups -OCH3 is 1. The lowest BCUT2D eigenvalue weighted by molar-refractivity contribution is -0.142. The standard InChI is InChI=1S/C56H79N9O10/c1-40-14-12-16-49(59-40)65(39-56(2,3)25-31-64-35-44(60-61-64)15-10-8-6-5-7-9-11-17-50(66)57-26-13-28-62(36-53(69)70)37-54(71)72)55(73)46-21-20-45(74-4)33-48(46)63-29-23-41(24-30-63)38-75-51-32-43(22-27-58-51)47(34-52(67)68)42-18-19-42/h12,14,16,20-22,27,32-33,35,41-42,47H,5-11,13,15,17-19,23-26,28-31,34,36-39H2,1-4H3,(H,57,66)(H,67,68)(H,69,70)(H,71,72)/t47-/m0/s1. The monoisotopic (exact) mass is 1040 g/mol. The molecule has 1 saturated carbocycles. The molecule has 0 bridgehead atoms. The first-order valence-corrected chi connectivity index (χ1v) is 26.9. The fourth-order valence-electron chi connectivity index (χ4n) is 9.86. The van der Waals surface area contributed by atoms with Gasteiger partial charge in [0.2, 0.25) is 11.8 Å². The molecule has 2 fully saturated rings. The van der Waals surface area contributed by atoms with Crippen LogP contribution < -0.4 is 24.6 Å². The number of nitrogens with zero attached hydrogens (tertiary/aromatic N) is 8. The Labute approximate surface area is 441 Å². The van der Waals surface area contributed by atoms with E-state index in [0.29, 0.717) is 68.0 Å². The van der Waals surface area contributed by atoms with Gasteiger partial charge in [-0.2, -0.15) is 0 Å². The van der Waals surface area contributed by atoms with E-state index in [2.05, 4.69) is 39.4 Å². The van der Waals surface area contributed by atoms with E-state index in [9.17, 15) is 24.3 Å². The number of amides is 2. The van der Waals surface area contributed by atoms with Crippen LogP contribution in [0.3, 0.4) is 0 Å². The zero-order valence-corrected chi connectivity index (χ0v) is 44.5. The molecule has 0 spiro atoms. The summed E-state index contributed by atoms with van der Waals surface area (Å²) in [5.41, 5.74) is 3.81. The van der Waals surface area contributed by atoms with Gasteiger partial charge in [0.1, 0.15) is 11.6 Å². The Bertz CT molecular complexity index is 2470. The summed E-state index contributed by atoms with van der Waals surface area (Å²) in [7, 11) is 1.63. The van der Waals surface area contributed by atoms with Crippen molar-refractivity contribution >= 4 is 41.2 Å². The summed E-state index contributed by atoms with van der Waals surface area (Å²) in [6.45, 7) is 9.22. The first-order valence-electron chi connectivity index (χ1n) is 26.9. The van der Waals surface area contributed by atoms with Crippen molar-refractivity contribution in [3.8, 4) is 11.6 Å². The smallest absolute Gasteiger partial charge is 0.317 e. The molecule has 0 unspecified atom stereocenters. The quantitative estimate of drug-likeness (QED) is 0.0323. The van der Waals surface area contributed by atoms with Gasteiger partial charge in [0.15, 0.2) is 0 Å². The Hall–Kier alpha value is -6.63. The Morgan fingerprint density at radius 2 is 1.59 bits per heavy atom. The van der Waals surface area contributed by atoms with Gasteiger partial charge >= 0.3 is 17.9 Å². The number of ether oxygens (including phenoxy) is 2. The zero-order chi connectivity index (χ0) is 53.7. The second-order valence-electron chi connectivity index (χ2n) is 21.2. The number of aliphatic carboxylic acids is 3. The molecular formula is C56H79N9O10. The molecule has 0 radical (unpaired) electrons. The number of anilines is 2. The van der Waals surface area contributed by atoms with Crippen LogP contribution in [-0.2, 0) is 32.1 Å². The van der Waals surface area contributed by atoms with Crippen molar-refractivity contribution in [2.24, 2.45) is 17.3 Å². The van der Waals surface area contributed by atoms with E-state index in [4.69, 9.17) is 24.7 Å². The number of carboxylic acids is 3. The average molecular weight is 1040 g/mol. The molecular weight excluding hydrogens is 959 g/mol. The highest BCUT2D eigenvalue weighted by atomic mass is 16.5. The number of rotatable bonds is 34. The lowest BCUT2D eigenvalue weighted by Gasteiger charge is -2.36. The third-order valence-corrected chi connectivity index (χ3v) is 14.2. The Morgan fingerprint density at radius 1 is 0.867 bits per heavy atom. The van der Waals surface area contributed by atoms with Crippen molar-refractivity contribution in [3.05, 3.63) is 83.4 Å². The molecule has 1 atom stereocenters. The minimum Gasteiger partial charge on any atom is -0.497 e. The van der Waals surface area contributed by atoms with Crippen LogP contribution in [0, 0.1) is 24.2 Å². The molecule has 4 N–H and O–H groups in total. The second kappa shape index (κ2) is 28.9. The van der Waals surface area contributed by atoms with Crippen molar-refractivity contribution < 1.29 is 48.8 Å². The molecule has 4 aromatic rings. The molecule has 2 amide bonds. The van der Waals surface area contributed by atoms with Gasteiger partial charge < -0.3 is 35.0 Å². The third-order valence-electron chi connectivity index (χ3n) is 14.2. The molecule has 1 saturated heterocycles. The highest BCUT2D eigenvalue weighted by Crippen LogP contribution is 2.45. The number of pyridine rings is 2. The lowest BCUT2D eigenvalue weighted by atomic mass is 9.88. The summed E-state index contributed by atoms with van der Waals surface area (Å²) in [5.74, 6) is -0.702. The topological polar surface area (TPSA) is 243 Å². The zero-order valence-electron chi connectivity index (χ0n) is 44.5. The molecule has 2 aliphatic rings. The summed E-state index contributed by atoms with van der Waals surface area (Å²) >= 11 is 0. The van der Waals surface area contributed by atoms with Gasteiger partial charge in [-0.1, -0.05) is 57.2 Å². The van der Waals surface area contributed by atoms with Crippen molar-refractivity contribution in [1.82, 2.24) is 35.2 Å². The van der Waals surface area contributed by atoms with E-state index in [1.54, 1.807) is 13.3 Å². The number of piperidine rings is 1. The van der Waals surface area contributed by atoms with Crippen LogP contribution in [0.5, 0.6) is 11.6 Å². The van der Waals surface area contributed by atoms with Crippen LogP contribution in [0.2, 0.25) is 0 Å². The molecule has 19 nitrogen and oxygen atoms in total. The summed E-state index contributed by atoms with van der Waals surface area (Å²) in [4.78, 5) is 75.4. The number of carbonyl (C=O) groups is 5. The maximum absolute atomic E-state index is 15.0. The average Bonchev–Trinajstić information content (AvgIpc) is 4.13. The van der Waals surface area contributed by atoms with Crippen molar-refractivity contribution in [3.63, 3.8) is 0 Å². The van der Waals surface area contributed by atoms with Gasteiger partial charge in [-0.05, 0) is 124 Å². The van der Waals surface area contributed by atoms with Crippen LogP contribution >= 0.6 is 0 Å². The maximum Gasteiger partial charge on any atom is 0.317 e. The molecule has 19 heteroatoms. The van der Waals surface area contributed by atoms with Crippen LogP contribution in [0.4, 0.5) is 11.5 Å². The number of benzene rings is 1. The number of hydrogen-bond acceptors (Lipinski definition) is 13. The number of hydrogen-bond donors (Lipinski definition) is 4. The molecule has 4 heterocycles. The van der Waals surface area contributed by atoms with E-state index in [0.717, 1.165) is 119 Å². The van der Waals surface area contributed by atoms with Gasteiger partial charge in [0, 0.05) is 75.9 Å². The predicted molar refractivity (Wildman–Crippen MR) is 284 cm³/mol. The van der Waals surface area contributed by atoms with Crippen LogP contribution in [0.15, 0.2) is 60.9 Å². The van der Waals surface area contributed by atoms with Crippen molar-refractivity contribution in [1.29, 1.82) is 0 Å². The van der Waals surface area contributed by atoms with Gasteiger partial charge in [-0.15, -0.1) is 5.10 Å². The molecule has 1 aromatic carbocycles. The summed E-state index contributed by atoms with van der Waals surface area (Å²) < 4.78 is 13.8. The van der Waals surface area contributed by atoms with E-state index < -0.39 is 17.9 Å². The van der Waals surface area contributed by atoms with Crippen LogP contribution in [0.25, 0.3) is 0 Å². The number of nitrogens with one attached hydrogen (secondary N) is 1. The Balaban J connectivity index is 0.941. The number of aromatic nitrogens is 5. The number of carbonyl (C=O) groups excluding carboxylic acids is 2. The van der Waals surface area contributed by atoms with Crippen molar-refractivity contribution in [2.45, 2.75) is 136 Å². The second-order valence-corrected chi connectivity index (χ2v) is 21.2. The third kappa shape index (κ3) is 19.5. The predicted octanol–water partition coefficient (Wildman–Crippen LogP) is 8.05. The molecule has 3 aromatic heterocycles. The van der Waals surface area contributed by atoms with Crippen molar-refractivity contribution in [2.75, 3.05) is 69.3 Å². The molecule has 75 heavy (non-hydrogen) atoms. The maximum atomic E-state index is 15.0. The highest BCUT2D eigenvalue weighted by Gasteiger charge is 2.35. The van der Waals surface area contributed by atoms with E-state index in [1.807, 2.05) is 71.2 Å². The highest BCUT2D eigenvalue weighted by molar-refractivity contribution is 6.09. The molecule has 408 valence electrons. The SMILES string of the molecule is COc1ccc(C(=O)N(CC(C)(C)CCn2cc(CCCCCCCCCC(=O)NCCCN(CC(=O)O)CC(=O)O)nn2)c2cccc(C)n2)c(N2CCC(COc3cc([C@@H](CC(=O)O)C4CC4)ccn3)CC2)c1. The molecule has 1 aliphatic heterocycles. The van der Waals surface area contributed by atoms with E-state index in [-0.39, 0.29) is 55.1 Å². The van der Waals surface area contributed by atoms with E-state index >= 15 is 4.79 Å². The number of unbranched alkanes of at least 4 members (excludes halogenated alkanes) is 6. The first-order chi connectivity index (χ1) is 36.0. The normalized spacial score (nSPS) is 14.4. The first kappa shape index (κ1) is 57.6. The fraction of sp³-hybridized carbons (Fsp3) is 0.589. The van der Waals surface area contributed by atoms with Crippen LogP contribution in [0.1, 0.15) is 143 Å². The molecule has 6 rings (SSSR count). The van der Waals surface area contributed by atoms with Gasteiger partial charge in [-0.3, -0.25) is 38.5 Å². The lowest BCUT2D eigenvalue weighted by Crippen LogP contribution is -2.42. The van der Waals surface area contributed by atoms with Gasteiger partial charge in [0.25, 0.3) is 5.91 Å². The van der Waals surface area contributed by atoms with Crippen LogP contribution in [-0.4, -0.2) is 134 Å². The minimum atomic E-state index is -1.09. The Morgan fingerprint density at radius 3 is 2.27 bits per heavy atom. The number of aryl methyl sites for hydroxylation is 3. The van der Waals surface area contributed by atoms with Gasteiger partial charge in [-0.25, -0.2) is 9.97 Å². The van der Waals surface area contributed by atoms with E-state index in [1.165, 1.54) is 4.90 Å². The Kier molecular flexibility index (Phi) is 22.2. The summed E-state index contributed by atoms with van der Waals surface area (Å²) in [6, 6.07) is 15.2. The number of carboxylic acid groups (broad SMARTS) is 3. The molecule has 1 aliphatic carbocycles. The largest absolute Gasteiger partial charge is 0.497 e. The minimum absolute atomic E-state index is 0.0245.